The Labute approximate surface area is 207 Å². The van der Waals surface area contributed by atoms with E-state index in [1.807, 2.05) is 6.07 Å². The summed E-state index contributed by atoms with van der Waals surface area (Å²) in [6.07, 6.45) is -0.157. The summed E-state index contributed by atoms with van der Waals surface area (Å²) in [6, 6.07) is 11.9. The van der Waals surface area contributed by atoms with Crippen LogP contribution in [-0.2, 0) is 4.79 Å². The number of benzene rings is 1. The molecule has 3 aromatic rings. The lowest BCUT2D eigenvalue weighted by molar-refractivity contribution is -0.122. The summed E-state index contributed by atoms with van der Waals surface area (Å²) < 4.78 is 0. The van der Waals surface area contributed by atoms with Crippen molar-refractivity contribution in [2.24, 2.45) is 5.92 Å². The molecule has 35 heavy (non-hydrogen) atoms. The fourth-order valence-electron chi connectivity index (χ4n) is 3.68. The second-order valence-corrected chi connectivity index (χ2v) is 8.85. The van der Waals surface area contributed by atoms with E-state index in [9.17, 15) is 24.6 Å². The van der Waals surface area contributed by atoms with Crippen LogP contribution in [0.4, 0.5) is 0 Å². The second kappa shape index (κ2) is 11.1. The number of carbonyl (C=O) groups is 3. The Kier molecular flexibility index (Phi) is 8.14. The smallest absolute Gasteiger partial charge is 0.270 e. The highest BCUT2D eigenvalue weighted by atomic mass is 35.5. The van der Waals surface area contributed by atoms with Crippen LogP contribution in [0.2, 0.25) is 5.15 Å². The molecule has 1 aromatic carbocycles. The summed E-state index contributed by atoms with van der Waals surface area (Å²) in [7, 11) is 0. The van der Waals surface area contributed by atoms with E-state index in [0.717, 1.165) is 0 Å². The lowest BCUT2D eigenvalue weighted by Crippen LogP contribution is -2.45. The zero-order valence-electron chi connectivity index (χ0n) is 19.5. The number of Topliss-reactive ketones (excluding diaryl/α,β-unsaturated/α-hetero) is 1. The first-order valence-corrected chi connectivity index (χ1v) is 11.4. The maximum Gasteiger partial charge on any atom is 0.270 e. The number of halogens is 1. The van der Waals surface area contributed by atoms with Crippen LogP contribution in [0.15, 0.2) is 48.5 Å². The largest absolute Gasteiger partial charge is 0.494 e. The molecule has 0 spiro atoms. The molecule has 0 bridgehead atoms. The van der Waals surface area contributed by atoms with Crippen molar-refractivity contribution in [3.63, 3.8) is 0 Å². The molecule has 9 nitrogen and oxygen atoms in total. The number of pyridine rings is 1. The summed E-state index contributed by atoms with van der Waals surface area (Å²) in [5, 5.41) is 25.6. The molecular formula is C25H27ClN4O5. The van der Waals surface area contributed by atoms with Crippen LogP contribution < -0.4 is 10.6 Å². The highest BCUT2D eigenvalue weighted by Crippen LogP contribution is 2.30. The normalized spacial score (nSPS) is 12.7. The summed E-state index contributed by atoms with van der Waals surface area (Å²) in [5.74, 6) is -2.63. The first-order chi connectivity index (χ1) is 16.6. The van der Waals surface area contributed by atoms with Crippen molar-refractivity contribution < 1.29 is 24.6 Å². The van der Waals surface area contributed by atoms with Gasteiger partial charge in [0.2, 0.25) is 11.8 Å². The minimum absolute atomic E-state index is 0.0820. The fourth-order valence-corrected chi connectivity index (χ4v) is 3.84. The number of hydrogen-bond acceptors (Lipinski definition) is 6. The number of nitrogens with zero attached hydrogens (tertiary/aromatic N) is 1. The minimum atomic E-state index is -0.968. The number of aromatic amines is 1. The number of ketones is 1. The van der Waals surface area contributed by atoms with Crippen LogP contribution in [0.5, 0.6) is 11.8 Å². The van der Waals surface area contributed by atoms with Crippen LogP contribution in [-0.4, -0.2) is 43.8 Å². The van der Waals surface area contributed by atoms with Gasteiger partial charge in [-0.05, 0) is 30.5 Å². The third-order valence-electron chi connectivity index (χ3n) is 5.56. The summed E-state index contributed by atoms with van der Waals surface area (Å²) in [4.78, 5) is 45.3. The van der Waals surface area contributed by atoms with Gasteiger partial charge < -0.3 is 20.8 Å². The van der Waals surface area contributed by atoms with E-state index >= 15 is 0 Å². The molecule has 2 atom stereocenters. The van der Waals surface area contributed by atoms with Gasteiger partial charge in [-0.15, -0.1) is 0 Å². The first kappa shape index (κ1) is 25.8. The first-order valence-electron chi connectivity index (χ1n) is 11.0. The van der Waals surface area contributed by atoms with Gasteiger partial charge in [0.05, 0.1) is 24.1 Å². The van der Waals surface area contributed by atoms with Crippen molar-refractivity contribution in [1.82, 2.24) is 20.6 Å². The third kappa shape index (κ3) is 6.19. The molecule has 0 aliphatic rings. The standard InChI is InChI=1S/C25H27ClN4O5/c1-13(2)21(22(32)20-14(3)23(33)30-25(20)35)29-19(31)12-17(15-8-5-4-6-9-15)28-24(34)16-10-7-11-18(26)27-16/h4-11,13,17,21,30,33,35H,12H2,1-3H3,(H,28,34)(H,29,31)/t17-,21+/m0/s1. The predicted molar refractivity (Wildman–Crippen MR) is 130 cm³/mol. The number of carbonyl (C=O) groups excluding carboxylic acids is 3. The number of nitrogens with one attached hydrogen (secondary N) is 3. The number of hydrogen-bond donors (Lipinski definition) is 5. The zero-order chi connectivity index (χ0) is 25.7. The maximum atomic E-state index is 13.1. The molecule has 5 N–H and O–H groups in total. The molecule has 0 aliphatic heterocycles. The monoisotopic (exact) mass is 498 g/mol. The molecule has 2 heterocycles. The van der Waals surface area contributed by atoms with Crippen LogP contribution in [0, 0.1) is 12.8 Å². The number of H-pyrrole nitrogens is 1. The van der Waals surface area contributed by atoms with Gasteiger partial charge in [-0.3, -0.25) is 19.4 Å². The van der Waals surface area contributed by atoms with Gasteiger partial charge in [-0.25, -0.2) is 4.98 Å². The molecule has 0 unspecified atom stereocenters. The molecule has 3 rings (SSSR count). The minimum Gasteiger partial charge on any atom is -0.494 e. The second-order valence-electron chi connectivity index (χ2n) is 8.46. The van der Waals surface area contributed by atoms with Gasteiger partial charge in [-0.1, -0.05) is 61.8 Å². The van der Waals surface area contributed by atoms with Gasteiger partial charge in [0.15, 0.2) is 11.7 Å². The average molecular weight is 499 g/mol. The average Bonchev–Trinajstić information content (AvgIpc) is 3.07. The summed E-state index contributed by atoms with van der Waals surface area (Å²) in [6.45, 7) is 4.99. The van der Waals surface area contributed by atoms with E-state index in [0.29, 0.717) is 5.56 Å². The number of rotatable bonds is 9. The molecule has 0 saturated carbocycles. The zero-order valence-corrected chi connectivity index (χ0v) is 20.3. The molecule has 0 fully saturated rings. The molecular weight excluding hydrogens is 472 g/mol. The van der Waals surface area contributed by atoms with Gasteiger partial charge in [0.1, 0.15) is 10.8 Å². The predicted octanol–water partition coefficient (Wildman–Crippen LogP) is 3.67. The van der Waals surface area contributed by atoms with Crippen molar-refractivity contribution in [1.29, 1.82) is 0 Å². The van der Waals surface area contributed by atoms with E-state index in [2.05, 4.69) is 20.6 Å². The Morgan fingerprint density at radius 2 is 1.69 bits per heavy atom. The van der Waals surface area contributed by atoms with Crippen LogP contribution >= 0.6 is 11.6 Å². The van der Waals surface area contributed by atoms with Crippen molar-refractivity contribution in [2.45, 2.75) is 39.3 Å². The van der Waals surface area contributed by atoms with E-state index in [4.69, 9.17) is 11.6 Å². The molecule has 0 saturated heterocycles. The van der Waals surface area contributed by atoms with E-state index in [-0.39, 0.29) is 40.2 Å². The van der Waals surface area contributed by atoms with Crippen molar-refractivity contribution >= 4 is 29.2 Å². The van der Waals surface area contributed by atoms with Crippen molar-refractivity contribution in [3.8, 4) is 11.8 Å². The van der Waals surface area contributed by atoms with E-state index in [1.54, 1.807) is 50.2 Å². The summed E-state index contributed by atoms with van der Waals surface area (Å²) >= 11 is 5.89. The molecule has 0 radical (unpaired) electrons. The van der Waals surface area contributed by atoms with Crippen molar-refractivity contribution in [3.05, 3.63) is 76.1 Å². The van der Waals surface area contributed by atoms with E-state index < -0.39 is 35.6 Å². The Morgan fingerprint density at radius 3 is 2.26 bits per heavy atom. The lowest BCUT2D eigenvalue weighted by atomic mass is 9.93. The molecule has 0 aliphatic carbocycles. The third-order valence-corrected chi connectivity index (χ3v) is 5.77. The lowest BCUT2D eigenvalue weighted by Gasteiger charge is -2.24. The Bertz CT molecular complexity index is 1230. The molecule has 2 aromatic heterocycles. The Morgan fingerprint density at radius 1 is 1.00 bits per heavy atom. The molecule has 10 heteroatoms. The van der Waals surface area contributed by atoms with Gasteiger partial charge in [-0.2, -0.15) is 0 Å². The summed E-state index contributed by atoms with van der Waals surface area (Å²) in [5.41, 5.74) is 0.902. The van der Waals surface area contributed by atoms with E-state index in [1.165, 1.54) is 13.0 Å². The maximum absolute atomic E-state index is 13.1. The van der Waals surface area contributed by atoms with Crippen LogP contribution in [0.1, 0.15) is 58.3 Å². The van der Waals surface area contributed by atoms with Gasteiger partial charge in [0.25, 0.3) is 5.91 Å². The topological polar surface area (TPSA) is 144 Å². The number of aromatic nitrogens is 2. The number of aromatic hydroxyl groups is 2. The highest BCUT2D eigenvalue weighted by molar-refractivity contribution is 6.29. The molecule has 2 amide bonds. The Hall–Kier alpha value is -3.85. The van der Waals surface area contributed by atoms with Crippen molar-refractivity contribution in [2.75, 3.05) is 0 Å². The van der Waals surface area contributed by atoms with Crippen LogP contribution in [0.3, 0.4) is 0 Å². The van der Waals surface area contributed by atoms with Gasteiger partial charge in [0, 0.05) is 5.56 Å². The Balaban J connectivity index is 1.80. The number of amides is 2. The van der Waals surface area contributed by atoms with Gasteiger partial charge >= 0.3 is 0 Å². The quantitative estimate of drug-likeness (QED) is 0.225. The fraction of sp³-hybridized carbons (Fsp3) is 0.280. The highest BCUT2D eigenvalue weighted by Gasteiger charge is 2.31. The van der Waals surface area contributed by atoms with Crippen LogP contribution in [0.25, 0.3) is 0 Å². The molecule has 184 valence electrons. The SMILES string of the molecule is Cc1c(O)[nH]c(O)c1C(=O)[C@H](NC(=O)C[C@H](NC(=O)c1cccc(Cl)n1)c1ccccc1)C(C)C.